The van der Waals surface area contributed by atoms with Crippen molar-refractivity contribution in [1.82, 2.24) is 19.5 Å². The van der Waals surface area contributed by atoms with Crippen molar-refractivity contribution < 1.29 is 5.11 Å². The summed E-state index contributed by atoms with van der Waals surface area (Å²) >= 11 is 0. The van der Waals surface area contributed by atoms with Crippen LogP contribution < -0.4 is 10.2 Å². The minimum atomic E-state index is 0.216. The van der Waals surface area contributed by atoms with Gasteiger partial charge < -0.3 is 15.0 Å². The van der Waals surface area contributed by atoms with Gasteiger partial charge in [0.2, 0.25) is 5.95 Å². The molecule has 1 aliphatic rings. The van der Waals surface area contributed by atoms with E-state index in [1.54, 1.807) is 29.8 Å². The third kappa shape index (κ3) is 4.94. The number of allylic oxidation sites excluding steroid dienone is 4. The largest absolute Gasteiger partial charge is 0.512 e. The molecule has 1 aliphatic carbocycles. The maximum Gasteiger partial charge on any atom is 0.238 e. The van der Waals surface area contributed by atoms with E-state index in [-0.39, 0.29) is 6.04 Å². The first-order valence-corrected chi connectivity index (χ1v) is 10.2. The second-order valence-corrected chi connectivity index (χ2v) is 7.18. The summed E-state index contributed by atoms with van der Waals surface area (Å²) < 4.78 is 2.02. The number of aliphatic imine (C=N–C) groups is 1. The highest BCUT2D eigenvalue weighted by atomic mass is 16.3. The van der Waals surface area contributed by atoms with Crippen LogP contribution >= 0.6 is 0 Å². The molecule has 3 rings (SSSR count). The molecular weight excluding hydrogens is 378 g/mol. The SMILES string of the molecule is C=CN(C=NCC)c1nc(NCCC2=CC=C(O)CC=C2)c2ncn(C(C)C)c2n1. The van der Waals surface area contributed by atoms with Crippen LogP contribution in [0.2, 0.25) is 0 Å². The quantitative estimate of drug-likeness (QED) is 0.468. The number of aromatic nitrogens is 4. The molecule has 0 bridgehead atoms. The highest BCUT2D eigenvalue weighted by Crippen LogP contribution is 2.25. The highest BCUT2D eigenvalue weighted by Gasteiger charge is 2.16. The summed E-state index contributed by atoms with van der Waals surface area (Å²) in [5.74, 6) is 1.53. The average molecular weight is 408 g/mol. The maximum absolute atomic E-state index is 9.64. The summed E-state index contributed by atoms with van der Waals surface area (Å²) in [6.07, 6.45) is 14.1. The summed E-state index contributed by atoms with van der Waals surface area (Å²) in [5, 5.41) is 13.0. The zero-order valence-electron chi connectivity index (χ0n) is 17.8. The lowest BCUT2D eigenvalue weighted by Gasteiger charge is -2.15. The second-order valence-electron chi connectivity index (χ2n) is 7.18. The van der Waals surface area contributed by atoms with Gasteiger partial charge in [-0.2, -0.15) is 9.97 Å². The van der Waals surface area contributed by atoms with Gasteiger partial charge in [-0.05, 0) is 38.8 Å². The number of rotatable bonds is 9. The Morgan fingerprint density at radius 3 is 2.93 bits per heavy atom. The third-order valence-corrected chi connectivity index (χ3v) is 4.64. The molecule has 2 N–H and O–H groups in total. The smallest absolute Gasteiger partial charge is 0.238 e. The predicted molar refractivity (Wildman–Crippen MR) is 123 cm³/mol. The molecule has 8 heteroatoms. The number of hydrogen-bond donors (Lipinski definition) is 2. The van der Waals surface area contributed by atoms with Gasteiger partial charge in [-0.15, -0.1) is 0 Å². The van der Waals surface area contributed by atoms with Crippen LogP contribution in [0.5, 0.6) is 0 Å². The van der Waals surface area contributed by atoms with Gasteiger partial charge in [0.15, 0.2) is 17.0 Å². The Balaban J connectivity index is 1.90. The standard InChI is InChI=1S/C22H29N7O/c1-5-23-14-28(6-2)22-26-20(19-21(27-22)29(15-25-19)16(3)4)24-13-12-17-8-7-9-18(30)11-10-17/h6-8,10-11,14-16,30H,2,5,9,12-13H2,1,3-4H3,(H,24,26,27). The molecule has 0 spiro atoms. The summed E-state index contributed by atoms with van der Waals surface area (Å²) in [6, 6.07) is 0.216. The molecule has 0 unspecified atom stereocenters. The Bertz CT molecular complexity index is 1010. The van der Waals surface area contributed by atoms with Crippen molar-refractivity contribution >= 4 is 29.3 Å². The fourth-order valence-electron chi connectivity index (χ4n) is 3.02. The van der Waals surface area contributed by atoms with Crippen LogP contribution in [0.15, 0.2) is 59.7 Å². The van der Waals surface area contributed by atoms with Crippen molar-refractivity contribution in [3.8, 4) is 0 Å². The Kier molecular flexibility index (Phi) is 7.00. The lowest BCUT2D eigenvalue weighted by molar-refractivity contribution is 0.402. The number of aliphatic hydroxyl groups is 1. The summed E-state index contributed by atoms with van der Waals surface area (Å²) in [5.41, 5.74) is 2.62. The Hall–Kier alpha value is -3.42. The predicted octanol–water partition coefficient (Wildman–Crippen LogP) is 4.54. The van der Waals surface area contributed by atoms with Crippen molar-refractivity contribution in [1.29, 1.82) is 0 Å². The van der Waals surface area contributed by atoms with Gasteiger partial charge in [-0.1, -0.05) is 24.8 Å². The fourth-order valence-corrected chi connectivity index (χ4v) is 3.02. The lowest BCUT2D eigenvalue weighted by Crippen LogP contribution is -2.18. The van der Waals surface area contributed by atoms with Crippen molar-refractivity contribution in [3.05, 3.63) is 54.7 Å². The fraction of sp³-hybridized carbons (Fsp3) is 0.364. The molecule has 0 amide bonds. The second kappa shape index (κ2) is 9.87. The third-order valence-electron chi connectivity index (χ3n) is 4.64. The van der Waals surface area contributed by atoms with Gasteiger partial charge in [-0.25, -0.2) is 4.98 Å². The lowest BCUT2D eigenvalue weighted by atomic mass is 10.1. The molecule has 0 radical (unpaired) electrons. The molecule has 2 aromatic heterocycles. The van der Waals surface area contributed by atoms with Crippen LogP contribution in [-0.4, -0.2) is 44.1 Å². The summed E-state index contributed by atoms with van der Waals surface area (Å²) in [6.45, 7) is 11.3. The van der Waals surface area contributed by atoms with Crippen LogP contribution in [-0.2, 0) is 0 Å². The Labute approximate surface area is 177 Å². The molecule has 2 aromatic rings. The molecule has 8 nitrogen and oxygen atoms in total. The minimum absolute atomic E-state index is 0.216. The van der Waals surface area contributed by atoms with Crippen molar-refractivity contribution in [2.45, 2.75) is 39.7 Å². The van der Waals surface area contributed by atoms with E-state index in [0.29, 0.717) is 37.0 Å². The van der Waals surface area contributed by atoms with E-state index in [1.807, 2.05) is 29.7 Å². The molecular formula is C22H29N7O. The van der Waals surface area contributed by atoms with Gasteiger partial charge in [-0.3, -0.25) is 9.89 Å². The van der Waals surface area contributed by atoms with E-state index in [4.69, 9.17) is 4.98 Å². The van der Waals surface area contributed by atoms with E-state index < -0.39 is 0 Å². The molecule has 158 valence electrons. The number of hydrogen-bond acceptors (Lipinski definition) is 6. The van der Waals surface area contributed by atoms with Gasteiger partial charge in [0.05, 0.1) is 18.4 Å². The van der Waals surface area contributed by atoms with Crippen LogP contribution in [0.3, 0.4) is 0 Å². The van der Waals surface area contributed by atoms with Crippen molar-refractivity contribution in [2.75, 3.05) is 23.3 Å². The molecule has 0 saturated heterocycles. The first-order chi connectivity index (χ1) is 14.5. The molecule has 0 atom stereocenters. The van der Waals surface area contributed by atoms with Crippen molar-refractivity contribution in [3.63, 3.8) is 0 Å². The van der Waals surface area contributed by atoms with E-state index in [0.717, 1.165) is 23.2 Å². The number of nitrogens with zero attached hydrogens (tertiary/aromatic N) is 6. The van der Waals surface area contributed by atoms with Crippen LogP contribution in [0, 0.1) is 0 Å². The zero-order chi connectivity index (χ0) is 21.5. The van der Waals surface area contributed by atoms with E-state index in [1.165, 1.54) is 0 Å². The molecule has 0 saturated carbocycles. The van der Waals surface area contributed by atoms with Gasteiger partial charge in [0, 0.05) is 31.8 Å². The molecule has 0 aliphatic heterocycles. The normalized spacial score (nSPS) is 14.1. The van der Waals surface area contributed by atoms with E-state index >= 15 is 0 Å². The molecule has 0 fully saturated rings. The van der Waals surface area contributed by atoms with Crippen LogP contribution in [0.25, 0.3) is 11.2 Å². The number of fused-ring (bicyclic) bond motifs is 1. The number of nitrogens with one attached hydrogen (secondary N) is 1. The van der Waals surface area contributed by atoms with E-state index in [2.05, 4.69) is 40.7 Å². The Morgan fingerprint density at radius 1 is 1.37 bits per heavy atom. The topological polar surface area (TPSA) is 91.5 Å². The number of anilines is 2. The number of aliphatic hydroxyl groups excluding tert-OH is 1. The summed E-state index contributed by atoms with van der Waals surface area (Å²) in [7, 11) is 0. The first-order valence-electron chi connectivity index (χ1n) is 10.2. The Morgan fingerprint density at radius 2 is 2.20 bits per heavy atom. The molecule has 2 heterocycles. The minimum Gasteiger partial charge on any atom is -0.512 e. The molecule has 0 aromatic carbocycles. The van der Waals surface area contributed by atoms with Gasteiger partial charge >= 0.3 is 0 Å². The van der Waals surface area contributed by atoms with Crippen molar-refractivity contribution in [2.24, 2.45) is 4.99 Å². The molecule has 30 heavy (non-hydrogen) atoms. The maximum atomic E-state index is 9.64. The van der Waals surface area contributed by atoms with E-state index in [9.17, 15) is 5.11 Å². The monoisotopic (exact) mass is 407 g/mol. The zero-order valence-corrected chi connectivity index (χ0v) is 17.8. The summed E-state index contributed by atoms with van der Waals surface area (Å²) in [4.78, 5) is 19.9. The first kappa shape index (κ1) is 21.3. The highest BCUT2D eigenvalue weighted by molar-refractivity contribution is 5.87. The van der Waals surface area contributed by atoms with Gasteiger partial charge in [0.25, 0.3) is 0 Å². The van der Waals surface area contributed by atoms with Crippen LogP contribution in [0.1, 0.15) is 39.7 Å². The van der Waals surface area contributed by atoms with Crippen LogP contribution in [0.4, 0.5) is 11.8 Å². The van der Waals surface area contributed by atoms with Gasteiger partial charge in [0.1, 0.15) is 0 Å². The average Bonchev–Trinajstić information content (AvgIpc) is 3.06. The number of imidazole rings is 1.